The molecule has 1 atom stereocenters. The van der Waals surface area contributed by atoms with Crippen LogP contribution in [-0.2, 0) is 0 Å². The Bertz CT molecular complexity index is 704. The van der Waals surface area contributed by atoms with E-state index in [1.54, 1.807) is 0 Å². The monoisotopic (exact) mass is 307 g/mol. The number of hydrogen-bond acceptors (Lipinski definition) is 3. The second kappa shape index (κ2) is 6.07. The van der Waals surface area contributed by atoms with Crippen molar-refractivity contribution in [1.82, 2.24) is 0 Å². The van der Waals surface area contributed by atoms with Crippen molar-refractivity contribution in [2.45, 2.75) is 38.6 Å². The van der Waals surface area contributed by atoms with Crippen molar-refractivity contribution < 1.29 is 0 Å². The minimum atomic E-state index is 0.205. The minimum Gasteiger partial charge on any atom is -0.369 e. The Morgan fingerprint density at radius 2 is 1.91 bits per heavy atom. The summed E-state index contributed by atoms with van der Waals surface area (Å²) in [7, 11) is 2.19. The third-order valence-corrected chi connectivity index (χ3v) is 4.84. The highest BCUT2D eigenvalue weighted by Crippen LogP contribution is 2.42. The summed E-state index contributed by atoms with van der Waals surface area (Å²) in [6.45, 7) is 6.94. The lowest BCUT2D eigenvalue weighted by Crippen LogP contribution is -2.45. The Morgan fingerprint density at radius 1 is 1.17 bits per heavy atom. The standard InChI is InChI=1S/C20H25N3/c1-15-13-20(2,3)23(4)19-11-10-16(12-18(15)19)14-21-22-17-8-6-5-7-9-17/h5-12,14-15,22H,13H2,1-4H3/b21-14-/t15-/m1/s1. The number of benzene rings is 2. The zero-order chi connectivity index (χ0) is 16.4. The van der Waals surface area contributed by atoms with Gasteiger partial charge in [0.15, 0.2) is 0 Å². The van der Waals surface area contributed by atoms with Crippen LogP contribution in [0.5, 0.6) is 0 Å². The Morgan fingerprint density at radius 3 is 2.65 bits per heavy atom. The van der Waals surface area contributed by atoms with Crippen molar-refractivity contribution in [2.24, 2.45) is 5.10 Å². The molecule has 2 aromatic carbocycles. The largest absolute Gasteiger partial charge is 0.369 e. The fraction of sp³-hybridized carbons (Fsp3) is 0.350. The van der Waals surface area contributed by atoms with Crippen LogP contribution in [0, 0.1) is 0 Å². The van der Waals surface area contributed by atoms with Gasteiger partial charge in [-0.25, -0.2) is 0 Å². The number of rotatable bonds is 3. The molecule has 0 saturated heterocycles. The van der Waals surface area contributed by atoms with E-state index in [9.17, 15) is 0 Å². The van der Waals surface area contributed by atoms with E-state index in [2.05, 4.69) is 61.4 Å². The van der Waals surface area contributed by atoms with Gasteiger partial charge < -0.3 is 4.90 Å². The lowest BCUT2D eigenvalue weighted by Gasteiger charge is -2.45. The highest BCUT2D eigenvalue weighted by Gasteiger charge is 2.33. The number of para-hydroxylation sites is 1. The zero-order valence-corrected chi connectivity index (χ0v) is 14.4. The van der Waals surface area contributed by atoms with Crippen LogP contribution < -0.4 is 10.3 Å². The van der Waals surface area contributed by atoms with Gasteiger partial charge in [-0.05, 0) is 61.6 Å². The second-order valence-corrected chi connectivity index (χ2v) is 7.03. The average Bonchev–Trinajstić information content (AvgIpc) is 2.53. The molecular weight excluding hydrogens is 282 g/mol. The first kappa shape index (κ1) is 15.6. The van der Waals surface area contributed by atoms with Crippen LogP contribution >= 0.6 is 0 Å². The van der Waals surface area contributed by atoms with Crippen LogP contribution in [0.15, 0.2) is 53.6 Å². The van der Waals surface area contributed by atoms with Crippen molar-refractivity contribution in [3.05, 3.63) is 59.7 Å². The molecule has 0 unspecified atom stereocenters. The van der Waals surface area contributed by atoms with E-state index in [4.69, 9.17) is 0 Å². The summed E-state index contributed by atoms with van der Waals surface area (Å²) in [6, 6.07) is 16.6. The van der Waals surface area contributed by atoms with Crippen molar-refractivity contribution in [3.8, 4) is 0 Å². The summed E-state index contributed by atoms with van der Waals surface area (Å²) in [5, 5.41) is 4.34. The van der Waals surface area contributed by atoms with Crippen LogP contribution in [0.4, 0.5) is 11.4 Å². The molecule has 2 aromatic rings. The van der Waals surface area contributed by atoms with E-state index in [0.717, 1.165) is 11.3 Å². The first-order valence-electron chi connectivity index (χ1n) is 8.19. The molecule has 0 saturated carbocycles. The van der Waals surface area contributed by atoms with Crippen LogP contribution in [-0.4, -0.2) is 18.8 Å². The van der Waals surface area contributed by atoms with Crippen molar-refractivity contribution >= 4 is 17.6 Å². The van der Waals surface area contributed by atoms with Gasteiger partial charge in [-0.3, -0.25) is 5.43 Å². The molecule has 1 aliphatic heterocycles. The van der Waals surface area contributed by atoms with E-state index in [1.165, 1.54) is 17.7 Å². The summed E-state index contributed by atoms with van der Waals surface area (Å²) in [4.78, 5) is 2.39. The number of hydrazone groups is 1. The quantitative estimate of drug-likeness (QED) is 0.648. The van der Waals surface area contributed by atoms with E-state index in [-0.39, 0.29) is 5.54 Å². The van der Waals surface area contributed by atoms with E-state index in [1.807, 2.05) is 36.5 Å². The topological polar surface area (TPSA) is 27.6 Å². The molecule has 0 spiro atoms. The number of fused-ring (bicyclic) bond motifs is 1. The first-order chi connectivity index (χ1) is 11.0. The molecule has 0 radical (unpaired) electrons. The van der Waals surface area contributed by atoms with Gasteiger partial charge >= 0.3 is 0 Å². The van der Waals surface area contributed by atoms with Gasteiger partial charge in [0.2, 0.25) is 0 Å². The molecular formula is C20H25N3. The summed E-state index contributed by atoms with van der Waals surface area (Å²) in [5.41, 5.74) is 8.15. The maximum Gasteiger partial charge on any atom is 0.0561 e. The van der Waals surface area contributed by atoms with Gasteiger partial charge in [-0.2, -0.15) is 5.10 Å². The molecule has 0 aromatic heterocycles. The number of nitrogens with zero attached hydrogens (tertiary/aromatic N) is 2. The molecule has 3 nitrogen and oxygen atoms in total. The molecule has 1 aliphatic rings. The Hall–Kier alpha value is -2.29. The maximum absolute atomic E-state index is 4.34. The van der Waals surface area contributed by atoms with Crippen molar-refractivity contribution in [3.63, 3.8) is 0 Å². The second-order valence-electron chi connectivity index (χ2n) is 7.03. The van der Waals surface area contributed by atoms with Crippen LogP contribution in [0.2, 0.25) is 0 Å². The smallest absolute Gasteiger partial charge is 0.0561 e. The van der Waals surface area contributed by atoms with Crippen molar-refractivity contribution in [2.75, 3.05) is 17.4 Å². The van der Waals surface area contributed by atoms with Crippen molar-refractivity contribution in [1.29, 1.82) is 0 Å². The van der Waals surface area contributed by atoms with Crippen LogP contribution in [0.3, 0.4) is 0 Å². The van der Waals surface area contributed by atoms with Gasteiger partial charge in [0.1, 0.15) is 0 Å². The molecule has 3 rings (SSSR count). The SMILES string of the molecule is C[C@@H]1CC(C)(C)N(C)c2ccc(/C=N\Nc3ccccc3)cc21. The summed E-state index contributed by atoms with van der Waals surface area (Å²) < 4.78 is 0. The average molecular weight is 307 g/mol. The Labute approximate surface area is 139 Å². The normalized spacial score (nSPS) is 19.7. The predicted octanol–water partition coefficient (Wildman–Crippen LogP) is 4.85. The molecule has 3 heteroatoms. The molecule has 0 amide bonds. The van der Waals surface area contributed by atoms with Gasteiger partial charge in [-0.1, -0.05) is 31.2 Å². The molecule has 120 valence electrons. The van der Waals surface area contributed by atoms with Crippen LogP contribution in [0.25, 0.3) is 0 Å². The Balaban J connectivity index is 1.80. The van der Waals surface area contributed by atoms with E-state index < -0.39 is 0 Å². The van der Waals surface area contributed by atoms with Gasteiger partial charge in [0, 0.05) is 18.3 Å². The summed E-state index contributed by atoms with van der Waals surface area (Å²) >= 11 is 0. The van der Waals surface area contributed by atoms with Crippen LogP contribution in [0.1, 0.15) is 44.2 Å². The molecule has 0 bridgehead atoms. The third kappa shape index (κ3) is 3.24. The Kier molecular flexibility index (Phi) is 4.12. The minimum absolute atomic E-state index is 0.205. The zero-order valence-electron chi connectivity index (χ0n) is 14.4. The highest BCUT2D eigenvalue weighted by atomic mass is 15.3. The summed E-state index contributed by atoms with van der Waals surface area (Å²) in [6.07, 6.45) is 3.05. The first-order valence-corrected chi connectivity index (χ1v) is 8.19. The lowest BCUT2D eigenvalue weighted by atomic mass is 9.80. The number of anilines is 2. The predicted molar refractivity (Wildman–Crippen MR) is 99.6 cm³/mol. The number of hydrogen-bond donors (Lipinski definition) is 1. The highest BCUT2D eigenvalue weighted by molar-refractivity contribution is 5.82. The summed E-state index contributed by atoms with van der Waals surface area (Å²) in [5.74, 6) is 0.562. The van der Waals surface area contributed by atoms with Gasteiger partial charge in [0.25, 0.3) is 0 Å². The molecule has 1 heterocycles. The fourth-order valence-corrected chi connectivity index (χ4v) is 3.37. The van der Waals surface area contributed by atoms with E-state index >= 15 is 0 Å². The fourth-order valence-electron chi connectivity index (χ4n) is 3.37. The van der Waals surface area contributed by atoms with E-state index in [0.29, 0.717) is 5.92 Å². The molecule has 23 heavy (non-hydrogen) atoms. The molecule has 0 fully saturated rings. The molecule has 1 N–H and O–H groups in total. The lowest BCUT2D eigenvalue weighted by molar-refractivity contribution is 0.395. The van der Waals surface area contributed by atoms with Gasteiger partial charge in [-0.15, -0.1) is 0 Å². The third-order valence-electron chi connectivity index (χ3n) is 4.84. The maximum atomic E-state index is 4.34. The van der Waals surface area contributed by atoms with Gasteiger partial charge in [0.05, 0.1) is 11.9 Å². The molecule has 0 aliphatic carbocycles. The number of nitrogens with one attached hydrogen (secondary N) is 1.